The number of pyridine rings is 1. The van der Waals surface area contributed by atoms with Crippen LogP contribution >= 0.6 is 23.6 Å². The van der Waals surface area contributed by atoms with Gasteiger partial charge in [-0.05, 0) is 43.4 Å². The van der Waals surface area contributed by atoms with Crippen LogP contribution in [0.2, 0.25) is 0 Å². The second kappa shape index (κ2) is 9.61. The molecule has 1 aliphatic heterocycles. The normalized spacial score (nSPS) is 14.6. The third kappa shape index (κ3) is 4.46. The summed E-state index contributed by atoms with van der Waals surface area (Å²) in [4.78, 5) is 36.5. The van der Waals surface area contributed by atoms with E-state index in [9.17, 15) is 9.59 Å². The molecule has 1 saturated heterocycles. The summed E-state index contributed by atoms with van der Waals surface area (Å²) in [7, 11) is 2.08. The van der Waals surface area contributed by atoms with Gasteiger partial charge in [-0.15, -0.1) is 11.3 Å². The van der Waals surface area contributed by atoms with E-state index in [1.165, 1.54) is 15.7 Å². The van der Waals surface area contributed by atoms with E-state index >= 15 is 0 Å². The van der Waals surface area contributed by atoms with Gasteiger partial charge in [0.1, 0.15) is 17.0 Å². The van der Waals surface area contributed by atoms with Gasteiger partial charge in [0.15, 0.2) is 3.95 Å². The summed E-state index contributed by atoms with van der Waals surface area (Å²) in [5.74, 6) is 0.622. The van der Waals surface area contributed by atoms with E-state index in [0.717, 1.165) is 31.7 Å². The lowest BCUT2D eigenvalue weighted by atomic mass is 10.1. The molecule has 0 bridgehead atoms. The minimum Gasteiger partial charge on any atom is -0.353 e. The van der Waals surface area contributed by atoms with E-state index < -0.39 is 0 Å². The number of nitrogens with zero attached hydrogens (tertiary/aromatic N) is 5. The van der Waals surface area contributed by atoms with Gasteiger partial charge in [-0.3, -0.25) is 18.6 Å². The Hall–Kier alpha value is -3.14. The lowest BCUT2D eigenvalue weighted by Gasteiger charge is -2.34. The van der Waals surface area contributed by atoms with Crippen molar-refractivity contribution in [3.05, 3.63) is 91.0 Å². The summed E-state index contributed by atoms with van der Waals surface area (Å²) in [6.07, 6.45) is 2.42. The second-order valence-corrected chi connectivity index (χ2v) is 10.1. The highest BCUT2D eigenvalue weighted by atomic mass is 32.1. The van der Waals surface area contributed by atoms with Crippen molar-refractivity contribution < 1.29 is 0 Å². The van der Waals surface area contributed by atoms with Crippen LogP contribution < -0.4 is 16.0 Å². The quantitative estimate of drug-likeness (QED) is 0.399. The molecule has 4 aromatic rings. The zero-order chi connectivity index (χ0) is 23.7. The van der Waals surface area contributed by atoms with Gasteiger partial charge in [0.05, 0.1) is 4.88 Å². The molecule has 0 N–H and O–H groups in total. The van der Waals surface area contributed by atoms with Crippen LogP contribution in [0.15, 0.2) is 70.4 Å². The minimum absolute atomic E-state index is 0.188. The molecule has 3 aromatic heterocycles. The molecule has 0 saturated carbocycles. The third-order valence-corrected chi connectivity index (χ3v) is 7.58. The van der Waals surface area contributed by atoms with Gasteiger partial charge in [-0.1, -0.05) is 36.4 Å². The summed E-state index contributed by atoms with van der Waals surface area (Å²) >= 11 is 6.92. The van der Waals surface area contributed by atoms with Crippen LogP contribution in [-0.2, 0) is 13.0 Å². The molecule has 1 aromatic carbocycles. The highest BCUT2D eigenvalue weighted by Gasteiger charge is 2.24. The Morgan fingerprint density at radius 3 is 2.47 bits per heavy atom. The molecule has 1 aliphatic rings. The van der Waals surface area contributed by atoms with Crippen LogP contribution in [0.5, 0.6) is 0 Å². The molecular formula is C25H25N5O2S2. The summed E-state index contributed by atoms with van der Waals surface area (Å²) in [6, 6.07) is 17.1. The van der Waals surface area contributed by atoms with Crippen molar-refractivity contribution in [2.24, 2.45) is 0 Å². The fraction of sp³-hybridized carbons (Fsp3) is 0.280. The van der Waals surface area contributed by atoms with Crippen LogP contribution in [0.4, 0.5) is 5.82 Å². The molecule has 9 heteroatoms. The van der Waals surface area contributed by atoms with E-state index in [1.807, 2.05) is 42.5 Å². The highest BCUT2D eigenvalue weighted by Crippen LogP contribution is 2.29. The van der Waals surface area contributed by atoms with Gasteiger partial charge < -0.3 is 9.80 Å². The van der Waals surface area contributed by atoms with E-state index in [4.69, 9.17) is 17.2 Å². The standard InChI is InChI=1S/C25H25N5O2S2/c1-27-13-15-28(16-14-27)23-22(24(32)29-11-6-5-9-20(29)26-23)19-17-21(31)30(25(33)34-19)12-10-18-7-3-2-4-8-18/h2-9,11,17H,10,12-16H2,1H3. The number of piperazine rings is 1. The molecule has 0 aliphatic carbocycles. The number of fused-ring (bicyclic) bond motifs is 1. The number of aromatic nitrogens is 3. The fourth-order valence-corrected chi connectivity index (χ4v) is 5.58. The maximum absolute atomic E-state index is 13.6. The first-order valence-corrected chi connectivity index (χ1v) is 12.5. The van der Waals surface area contributed by atoms with Gasteiger partial charge in [0.2, 0.25) is 0 Å². The largest absolute Gasteiger partial charge is 0.353 e. The first-order chi connectivity index (χ1) is 16.5. The Kier molecular flexibility index (Phi) is 6.40. The van der Waals surface area contributed by atoms with Gasteiger partial charge in [-0.25, -0.2) is 4.98 Å². The molecule has 34 heavy (non-hydrogen) atoms. The Bertz CT molecular complexity index is 1470. The van der Waals surface area contributed by atoms with Crippen molar-refractivity contribution in [1.82, 2.24) is 18.9 Å². The number of rotatable bonds is 5. The smallest absolute Gasteiger partial charge is 0.268 e. The summed E-state index contributed by atoms with van der Waals surface area (Å²) in [5, 5.41) is 0. The minimum atomic E-state index is -0.198. The molecule has 174 valence electrons. The lowest BCUT2D eigenvalue weighted by molar-refractivity contribution is 0.312. The Morgan fingerprint density at radius 2 is 1.74 bits per heavy atom. The Morgan fingerprint density at radius 1 is 1.00 bits per heavy atom. The fourth-order valence-electron chi connectivity index (χ4n) is 4.21. The molecule has 0 amide bonds. The van der Waals surface area contributed by atoms with Crippen LogP contribution in [0.1, 0.15) is 5.56 Å². The zero-order valence-corrected chi connectivity index (χ0v) is 20.5. The molecule has 1 fully saturated rings. The number of hydrogen-bond donors (Lipinski definition) is 0. The number of likely N-dealkylation sites (N-methyl/N-ethyl adjacent to an activating group) is 1. The number of anilines is 1. The first-order valence-electron chi connectivity index (χ1n) is 11.3. The SMILES string of the molecule is CN1CCN(c2nc3ccccn3c(=O)c2-c2cc(=O)n(CCc3ccccc3)c(=S)s2)CC1. The first kappa shape index (κ1) is 22.6. The lowest BCUT2D eigenvalue weighted by Crippen LogP contribution is -2.45. The Balaban J connectivity index is 1.60. The molecule has 7 nitrogen and oxygen atoms in total. The van der Waals surface area contributed by atoms with E-state index in [2.05, 4.69) is 16.8 Å². The maximum Gasteiger partial charge on any atom is 0.268 e. The van der Waals surface area contributed by atoms with Crippen molar-refractivity contribution >= 4 is 35.0 Å². The van der Waals surface area contributed by atoms with Crippen molar-refractivity contribution in [3.8, 4) is 10.4 Å². The second-order valence-electron chi connectivity index (χ2n) is 8.44. The van der Waals surface area contributed by atoms with Crippen molar-refractivity contribution in [3.63, 3.8) is 0 Å². The van der Waals surface area contributed by atoms with Crippen LogP contribution in [0.25, 0.3) is 16.1 Å². The van der Waals surface area contributed by atoms with Crippen LogP contribution in [0.3, 0.4) is 0 Å². The summed E-state index contributed by atoms with van der Waals surface area (Å²) in [5.41, 5.74) is 1.79. The zero-order valence-electron chi connectivity index (χ0n) is 18.9. The Labute approximate surface area is 206 Å². The molecular weight excluding hydrogens is 466 g/mol. The predicted molar refractivity (Wildman–Crippen MR) is 140 cm³/mol. The average Bonchev–Trinajstić information content (AvgIpc) is 2.84. The molecule has 0 radical (unpaired) electrons. The highest BCUT2D eigenvalue weighted by molar-refractivity contribution is 7.73. The van der Waals surface area contributed by atoms with Gasteiger partial charge in [0, 0.05) is 45.0 Å². The van der Waals surface area contributed by atoms with Crippen molar-refractivity contribution in [1.29, 1.82) is 0 Å². The number of hydrogen-bond acceptors (Lipinski definition) is 7. The molecule has 5 rings (SSSR count). The third-order valence-electron chi connectivity index (χ3n) is 6.17. The monoisotopic (exact) mass is 491 g/mol. The van der Waals surface area contributed by atoms with Crippen molar-refractivity contribution in [2.45, 2.75) is 13.0 Å². The molecule has 4 heterocycles. The van der Waals surface area contributed by atoms with E-state index in [1.54, 1.807) is 22.9 Å². The summed E-state index contributed by atoms with van der Waals surface area (Å²) in [6.45, 7) is 3.79. The van der Waals surface area contributed by atoms with E-state index in [0.29, 0.717) is 38.8 Å². The molecule has 0 unspecified atom stereocenters. The summed E-state index contributed by atoms with van der Waals surface area (Å²) < 4.78 is 3.60. The van der Waals surface area contributed by atoms with Crippen LogP contribution in [-0.4, -0.2) is 52.1 Å². The maximum atomic E-state index is 13.6. The topological polar surface area (TPSA) is 62.9 Å². The predicted octanol–water partition coefficient (Wildman–Crippen LogP) is 3.31. The number of benzene rings is 1. The van der Waals surface area contributed by atoms with Gasteiger partial charge >= 0.3 is 0 Å². The average molecular weight is 492 g/mol. The van der Waals surface area contributed by atoms with Gasteiger partial charge in [-0.2, -0.15) is 0 Å². The van der Waals surface area contributed by atoms with Crippen LogP contribution in [0, 0.1) is 3.95 Å². The van der Waals surface area contributed by atoms with Gasteiger partial charge in [0.25, 0.3) is 11.1 Å². The molecule has 0 atom stereocenters. The van der Waals surface area contributed by atoms with E-state index in [-0.39, 0.29) is 11.1 Å². The number of aryl methyl sites for hydroxylation is 1. The van der Waals surface area contributed by atoms with Crippen molar-refractivity contribution in [2.75, 3.05) is 38.1 Å². The molecule has 0 spiro atoms.